The summed E-state index contributed by atoms with van der Waals surface area (Å²) in [5.41, 5.74) is 5.22. The van der Waals surface area contributed by atoms with Crippen LogP contribution in [-0.4, -0.2) is 17.1 Å². The Morgan fingerprint density at radius 1 is 1.11 bits per heavy atom. The highest BCUT2D eigenvalue weighted by molar-refractivity contribution is 7.71. The number of nitrogens with zero attached hydrogens (tertiary/aromatic N) is 1. The number of aromatic nitrogens is 2. The van der Waals surface area contributed by atoms with Gasteiger partial charge in [0.2, 0.25) is 0 Å². The molecule has 0 aliphatic carbocycles. The van der Waals surface area contributed by atoms with E-state index in [1.165, 1.54) is 11.1 Å². The summed E-state index contributed by atoms with van der Waals surface area (Å²) in [5, 5.41) is 0. The molecule has 1 heterocycles. The Hall–Kier alpha value is -1.68. The van der Waals surface area contributed by atoms with Gasteiger partial charge in [0, 0.05) is 11.3 Å². The number of ether oxygens (including phenoxy) is 1. The monoisotopic (exact) mass is 260 g/mol. The van der Waals surface area contributed by atoms with Crippen LogP contribution in [0.3, 0.4) is 0 Å². The van der Waals surface area contributed by atoms with Crippen molar-refractivity contribution in [2.75, 3.05) is 7.11 Å². The molecule has 0 saturated heterocycles. The Balaban J connectivity index is 2.69. The van der Waals surface area contributed by atoms with Crippen LogP contribution in [0.2, 0.25) is 0 Å². The van der Waals surface area contributed by atoms with Gasteiger partial charge in [-0.2, -0.15) is 0 Å². The van der Waals surface area contributed by atoms with Gasteiger partial charge in [-0.25, -0.2) is 4.98 Å². The molecule has 0 aliphatic rings. The first-order valence-corrected chi connectivity index (χ1v) is 6.15. The fourth-order valence-electron chi connectivity index (χ4n) is 1.88. The van der Waals surface area contributed by atoms with Crippen molar-refractivity contribution in [3.05, 3.63) is 39.8 Å². The van der Waals surface area contributed by atoms with Gasteiger partial charge in [0.1, 0.15) is 5.75 Å². The molecule has 2 aromatic rings. The van der Waals surface area contributed by atoms with Crippen molar-refractivity contribution in [1.82, 2.24) is 9.97 Å². The second kappa shape index (κ2) is 4.90. The van der Waals surface area contributed by atoms with Crippen LogP contribution in [0.15, 0.2) is 18.2 Å². The van der Waals surface area contributed by atoms with Crippen molar-refractivity contribution in [1.29, 1.82) is 0 Å². The molecule has 94 valence electrons. The number of nitrogens with one attached hydrogen (secondary N) is 1. The lowest BCUT2D eigenvalue weighted by Crippen LogP contribution is -1.95. The van der Waals surface area contributed by atoms with Crippen molar-refractivity contribution in [3.63, 3.8) is 0 Å². The third-order valence-electron chi connectivity index (χ3n) is 2.97. The molecule has 2 rings (SSSR count). The fourth-order valence-corrected chi connectivity index (χ4v) is 2.14. The topological polar surface area (TPSA) is 37.9 Å². The molecule has 0 bridgehead atoms. The van der Waals surface area contributed by atoms with E-state index in [0.29, 0.717) is 4.77 Å². The first kappa shape index (κ1) is 12.8. The maximum atomic E-state index is 5.43. The molecular formula is C14H16N2OS. The largest absolute Gasteiger partial charge is 0.496 e. The maximum Gasteiger partial charge on any atom is 0.197 e. The molecule has 3 nitrogen and oxygen atoms in total. The van der Waals surface area contributed by atoms with Gasteiger partial charge in [-0.3, -0.25) is 0 Å². The zero-order valence-electron chi connectivity index (χ0n) is 11.0. The van der Waals surface area contributed by atoms with Crippen LogP contribution in [-0.2, 0) is 0 Å². The van der Waals surface area contributed by atoms with Crippen LogP contribution in [0.25, 0.3) is 11.3 Å². The Morgan fingerprint density at radius 3 is 2.39 bits per heavy atom. The summed E-state index contributed by atoms with van der Waals surface area (Å²) in [4.78, 5) is 7.37. The standard InChI is InChI=1S/C14H16N2OS/c1-8-5-11(13(17-4)6-9(8)2)12-7-10(3)15-14(18)16-12/h5-7H,1-4H3,(H,15,16,18). The molecule has 0 saturated carbocycles. The van der Waals surface area contributed by atoms with Gasteiger partial charge in [0.15, 0.2) is 4.77 Å². The summed E-state index contributed by atoms with van der Waals surface area (Å²) in [6.07, 6.45) is 0. The van der Waals surface area contributed by atoms with Crippen molar-refractivity contribution < 1.29 is 4.74 Å². The van der Waals surface area contributed by atoms with Crippen LogP contribution >= 0.6 is 12.2 Å². The minimum atomic E-state index is 0.491. The summed E-state index contributed by atoms with van der Waals surface area (Å²) in [7, 11) is 1.67. The summed E-state index contributed by atoms with van der Waals surface area (Å²) >= 11 is 5.12. The Kier molecular flexibility index (Phi) is 3.48. The minimum Gasteiger partial charge on any atom is -0.496 e. The molecule has 18 heavy (non-hydrogen) atoms. The second-order valence-electron chi connectivity index (χ2n) is 4.39. The summed E-state index contributed by atoms with van der Waals surface area (Å²) in [6.45, 7) is 6.11. The maximum absolute atomic E-state index is 5.43. The van der Waals surface area contributed by atoms with Gasteiger partial charge in [-0.1, -0.05) is 0 Å². The lowest BCUT2D eigenvalue weighted by Gasteiger charge is -2.11. The molecule has 1 aromatic carbocycles. The highest BCUT2D eigenvalue weighted by Crippen LogP contribution is 2.31. The van der Waals surface area contributed by atoms with E-state index < -0.39 is 0 Å². The Morgan fingerprint density at radius 2 is 1.78 bits per heavy atom. The van der Waals surface area contributed by atoms with Gasteiger partial charge in [-0.05, 0) is 62.3 Å². The molecule has 1 N–H and O–H groups in total. The van der Waals surface area contributed by atoms with Crippen molar-refractivity contribution in [2.45, 2.75) is 20.8 Å². The number of benzene rings is 1. The second-order valence-corrected chi connectivity index (χ2v) is 4.78. The van der Waals surface area contributed by atoms with Gasteiger partial charge in [0.25, 0.3) is 0 Å². The molecule has 0 fully saturated rings. The quantitative estimate of drug-likeness (QED) is 0.836. The van der Waals surface area contributed by atoms with Crippen LogP contribution in [0.1, 0.15) is 16.8 Å². The SMILES string of the molecule is COc1cc(C)c(C)cc1-c1cc(C)[nH]c(=S)n1. The summed E-state index contributed by atoms with van der Waals surface area (Å²) < 4.78 is 5.92. The van der Waals surface area contributed by atoms with Gasteiger partial charge in [-0.15, -0.1) is 0 Å². The van der Waals surface area contributed by atoms with E-state index >= 15 is 0 Å². The van der Waals surface area contributed by atoms with Crippen molar-refractivity contribution >= 4 is 12.2 Å². The number of aromatic amines is 1. The predicted octanol–water partition coefficient (Wildman–Crippen LogP) is 3.74. The summed E-state index contributed by atoms with van der Waals surface area (Å²) in [5.74, 6) is 0.825. The normalized spacial score (nSPS) is 10.4. The lowest BCUT2D eigenvalue weighted by molar-refractivity contribution is 0.416. The first-order valence-electron chi connectivity index (χ1n) is 5.75. The number of rotatable bonds is 2. The molecule has 1 aromatic heterocycles. The molecule has 0 spiro atoms. The van der Waals surface area contributed by atoms with Crippen LogP contribution in [0.5, 0.6) is 5.75 Å². The van der Waals surface area contributed by atoms with E-state index in [0.717, 1.165) is 22.7 Å². The Labute approximate surface area is 112 Å². The third-order valence-corrected chi connectivity index (χ3v) is 3.16. The van der Waals surface area contributed by atoms with Crippen LogP contribution < -0.4 is 4.74 Å². The minimum absolute atomic E-state index is 0.491. The highest BCUT2D eigenvalue weighted by atomic mass is 32.1. The van der Waals surface area contributed by atoms with Crippen LogP contribution in [0, 0.1) is 25.5 Å². The van der Waals surface area contributed by atoms with Gasteiger partial charge < -0.3 is 9.72 Å². The highest BCUT2D eigenvalue weighted by Gasteiger charge is 2.10. The molecule has 0 radical (unpaired) electrons. The molecule has 0 amide bonds. The van der Waals surface area contributed by atoms with Crippen molar-refractivity contribution in [3.8, 4) is 17.0 Å². The number of aryl methyl sites for hydroxylation is 3. The van der Waals surface area contributed by atoms with E-state index in [1.807, 2.05) is 19.1 Å². The fraction of sp³-hybridized carbons (Fsp3) is 0.286. The number of H-pyrrole nitrogens is 1. The average Bonchev–Trinajstić information content (AvgIpc) is 2.30. The number of hydrogen-bond donors (Lipinski definition) is 1. The van der Waals surface area contributed by atoms with Gasteiger partial charge >= 0.3 is 0 Å². The molecule has 0 aliphatic heterocycles. The Bertz CT molecular complexity index is 647. The van der Waals surface area contributed by atoms with E-state index in [2.05, 4.69) is 29.9 Å². The molecule has 0 unspecified atom stereocenters. The molecular weight excluding hydrogens is 244 g/mol. The number of methoxy groups -OCH3 is 1. The van der Waals surface area contributed by atoms with Crippen LogP contribution in [0.4, 0.5) is 0 Å². The van der Waals surface area contributed by atoms with E-state index in [-0.39, 0.29) is 0 Å². The molecule has 0 atom stereocenters. The average molecular weight is 260 g/mol. The lowest BCUT2D eigenvalue weighted by atomic mass is 10.0. The van der Waals surface area contributed by atoms with E-state index in [4.69, 9.17) is 17.0 Å². The van der Waals surface area contributed by atoms with E-state index in [9.17, 15) is 0 Å². The van der Waals surface area contributed by atoms with Gasteiger partial charge in [0.05, 0.1) is 12.8 Å². The number of hydrogen-bond acceptors (Lipinski definition) is 3. The first-order chi connectivity index (χ1) is 8.51. The zero-order valence-corrected chi connectivity index (χ0v) is 11.8. The zero-order chi connectivity index (χ0) is 13.3. The van der Waals surface area contributed by atoms with Crippen molar-refractivity contribution in [2.24, 2.45) is 0 Å². The molecule has 4 heteroatoms. The third kappa shape index (κ3) is 2.43. The summed E-state index contributed by atoms with van der Waals surface area (Å²) in [6, 6.07) is 6.09. The smallest absolute Gasteiger partial charge is 0.197 e. The predicted molar refractivity (Wildman–Crippen MR) is 75.6 cm³/mol. The van der Waals surface area contributed by atoms with E-state index in [1.54, 1.807) is 7.11 Å².